The number of aromatic nitrogens is 4. The van der Waals surface area contributed by atoms with Gasteiger partial charge in [0.15, 0.2) is 0 Å². The van der Waals surface area contributed by atoms with E-state index in [0.717, 1.165) is 11.1 Å². The molecule has 3 rings (SSSR count). The van der Waals surface area contributed by atoms with Crippen LogP contribution in [-0.2, 0) is 0 Å². The summed E-state index contributed by atoms with van der Waals surface area (Å²) in [5.74, 6) is 0.287. The molecule has 2 N–H and O–H groups in total. The van der Waals surface area contributed by atoms with Crippen LogP contribution in [-0.4, -0.2) is 20.2 Å². The Kier molecular flexibility index (Phi) is 1.83. The molecule has 0 spiro atoms. The summed E-state index contributed by atoms with van der Waals surface area (Å²) in [6.07, 6.45) is 0. The van der Waals surface area contributed by atoms with E-state index in [0.29, 0.717) is 0 Å². The number of tetrazole rings is 1. The van der Waals surface area contributed by atoms with Gasteiger partial charge in [-0.05, 0) is 33.3 Å². The van der Waals surface area contributed by atoms with E-state index in [1.165, 1.54) is 10.1 Å². The van der Waals surface area contributed by atoms with Gasteiger partial charge in [-0.2, -0.15) is 4.68 Å². The second-order valence-electron chi connectivity index (χ2n) is 3.48. The Morgan fingerprint density at radius 2 is 1.81 bits per heavy atom. The highest BCUT2D eigenvalue weighted by atomic mass is 15.6. The Bertz CT molecular complexity index is 643. The van der Waals surface area contributed by atoms with Crippen LogP contribution in [0.1, 0.15) is 0 Å². The zero-order chi connectivity index (χ0) is 11.0. The molecule has 1 heterocycles. The predicted molar refractivity (Wildman–Crippen MR) is 61.1 cm³/mol. The van der Waals surface area contributed by atoms with Gasteiger partial charge >= 0.3 is 0 Å². The molecule has 16 heavy (non-hydrogen) atoms. The minimum Gasteiger partial charge on any atom is -0.366 e. The second kappa shape index (κ2) is 3.30. The first kappa shape index (κ1) is 8.84. The maximum atomic E-state index is 5.64. The van der Waals surface area contributed by atoms with Gasteiger partial charge in [-0.15, -0.1) is 0 Å². The van der Waals surface area contributed by atoms with Crippen LogP contribution in [0.5, 0.6) is 0 Å². The number of hydrogen-bond acceptors (Lipinski definition) is 4. The maximum absolute atomic E-state index is 5.64. The topological polar surface area (TPSA) is 69.6 Å². The van der Waals surface area contributed by atoms with Crippen LogP contribution in [0.15, 0.2) is 42.5 Å². The molecule has 0 aliphatic heterocycles. The molecule has 0 unspecified atom stereocenters. The summed E-state index contributed by atoms with van der Waals surface area (Å²) < 4.78 is 1.51. The summed E-state index contributed by atoms with van der Waals surface area (Å²) in [5, 5.41) is 13.3. The van der Waals surface area contributed by atoms with Gasteiger partial charge in [-0.1, -0.05) is 35.4 Å². The maximum Gasteiger partial charge on any atom is 0.245 e. The molecule has 0 aliphatic carbocycles. The molecule has 0 bridgehead atoms. The van der Waals surface area contributed by atoms with E-state index in [9.17, 15) is 0 Å². The molecule has 0 atom stereocenters. The highest BCUT2D eigenvalue weighted by Gasteiger charge is 2.04. The predicted octanol–water partition coefficient (Wildman–Crippen LogP) is 1.40. The van der Waals surface area contributed by atoms with Gasteiger partial charge in [0.25, 0.3) is 0 Å². The molecule has 2 aromatic carbocycles. The lowest BCUT2D eigenvalue weighted by Gasteiger charge is -2.03. The lowest BCUT2D eigenvalue weighted by molar-refractivity contribution is 0.792. The van der Waals surface area contributed by atoms with Crippen molar-refractivity contribution in [1.29, 1.82) is 0 Å². The van der Waals surface area contributed by atoms with Crippen LogP contribution in [0, 0.1) is 0 Å². The molecule has 1 aromatic heterocycles. The van der Waals surface area contributed by atoms with Crippen molar-refractivity contribution < 1.29 is 0 Å². The lowest BCUT2D eigenvalue weighted by Crippen LogP contribution is -2.02. The number of hydrogen-bond donors (Lipinski definition) is 1. The standard InChI is InChI=1S/C11H9N5/c12-11-13-14-15-16(11)10-6-5-8-3-1-2-4-9(8)7-10/h1-7H,(H2,12,13,15). The monoisotopic (exact) mass is 211 g/mol. The van der Waals surface area contributed by atoms with Crippen LogP contribution >= 0.6 is 0 Å². The molecule has 5 nitrogen and oxygen atoms in total. The molecule has 0 saturated carbocycles. The van der Waals surface area contributed by atoms with Gasteiger partial charge in [-0.25, -0.2) is 0 Å². The Balaban J connectivity index is 2.23. The van der Waals surface area contributed by atoms with Crippen molar-refractivity contribution in [3.8, 4) is 5.69 Å². The van der Waals surface area contributed by atoms with Crippen molar-refractivity contribution in [3.05, 3.63) is 42.5 Å². The van der Waals surface area contributed by atoms with E-state index in [-0.39, 0.29) is 5.95 Å². The van der Waals surface area contributed by atoms with Crippen molar-refractivity contribution in [2.24, 2.45) is 0 Å². The molecule has 3 aromatic rings. The highest BCUT2D eigenvalue weighted by Crippen LogP contribution is 2.18. The number of benzene rings is 2. The van der Waals surface area contributed by atoms with Gasteiger partial charge < -0.3 is 5.73 Å². The lowest BCUT2D eigenvalue weighted by atomic mass is 10.1. The normalized spacial score (nSPS) is 10.8. The first-order chi connectivity index (χ1) is 7.84. The first-order valence-corrected chi connectivity index (χ1v) is 4.87. The molecule has 0 fully saturated rings. The molecular formula is C11H9N5. The van der Waals surface area contributed by atoms with Gasteiger partial charge in [-0.3, -0.25) is 0 Å². The summed E-state index contributed by atoms with van der Waals surface area (Å²) in [6, 6.07) is 14.1. The Morgan fingerprint density at radius 1 is 1.00 bits per heavy atom. The van der Waals surface area contributed by atoms with Crippen LogP contribution in [0.4, 0.5) is 5.95 Å². The average Bonchev–Trinajstić information content (AvgIpc) is 2.75. The number of nitrogens with two attached hydrogens (primary N) is 1. The van der Waals surface area contributed by atoms with E-state index >= 15 is 0 Å². The van der Waals surface area contributed by atoms with E-state index in [2.05, 4.69) is 21.6 Å². The third-order valence-corrected chi connectivity index (χ3v) is 2.47. The molecule has 78 valence electrons. The largest absolute Gasteiger partial charge is 0.366 e. The number of fused-ring (bicyclic) bond motifs is 1. The molecule has 0 saturated heterocycles. The summed E-state index contributed by atoms with van der Waals surface area (Å²) in [6.45, 7) is 0. The minimum absolute atomic E-state index is 0.287. The van der Waals surface area contributed by atoms with Gasteiger partial charge in [0.1, 0.15) is 0 Å². The fourth-order valence-corrected chi connectivity index (χ4v) is 1.69. The third kappa shape index (κ3) is 1.30. The summed E-state index contributed by atoms with van der Waals surface area (Å²) in [4.78, 5) is 0. The molecule has 5 heteroatoms. The van der Waals surface area contributed by atoms with E-state index in [1.54, 1.807) is 0 Å². The summed E-state index contributed by atoms with van der Waals surface area (Å²) in [7, 11) is 0. The first-order valence-electron chi connectivity index (χ1n) is 4.87. The smallest absolute Gasteiger partial charge is 0.245 e. The van der Waals surface area contributed by atoms with E-state index < -0.39 is 0 Å². The number of anilines is 1. The van der Waals surface area contributed by atoms with Crippen molar-refractivity contribution >= 4 is 16.7 Å². The fourth-order valence-electron chi connectivity index (χ4n) is 1.69. The summed E-state index contributed by atoms with van der Waals surface area (Å²) in [5.41, 5.74) is 6.51. The number of rotatable bonds is 1. The van der Waals surface area contributed by atoms with Gasteiger partial charge in [0.2, 0.25) is 5.95 Å². The van der Waals surface area contributed by atoms with Crippen LogP contribution in [0.25, 0.3) is 16.5 Å². The molecule has 0 amide bonds. The quantitative estimate of drug-likeness (QED) is 0.660. The average molecular weight is 211 g/mol. The molecule has 0 aliphatic rings. The van der Waals surface area contributed by atoms with Crippen LogP contribution < -0.4 is 5.73 Å². The highest BCUT2D eigenvalue weighted by molar-refractivity contribution is 5.84. The number of nitrogen functional groups attached to an aromatic ring is 1. The fraction of sp³-hybridized carbons (Fsp3) is 0. The Morgan fingerprint density at radius 3 is 2.56 bits per heavy atom. The van der Waals surface area contributed by atoms with Crippen molar-refractivity contribution in [2.45, 2.75) is 0 Å². The minimum atomic E-state index is 0.287. The van der Waals surface area contributed by atoms with Crippen molar-refractivity contribution in [3.63, 3.8) is 0 Å². The van der Waals surface area contributed by atoms with Crippen LogP contribution in [0.3, 0.4) is 0 Å². The Labute approximate surface area is 91.5 Å². The zero-order valence-electron chi connectivity index (χ0n) is 8.41. The molecule has 0 radical (unpaired) electrons. The number of nitrogens with zero attached hydrogens (tertiary/aromatic N) is 4. The van der Waals surface area contributed by atoms with Gasteiger partial charge in [0, 0.05) is 0 Å². The van der Waals surface area contributed by atoms with Crippen molar-refractivity contribution in [2.75, 3.05) is 5.73 Å². The van der Waals surface area contributed by atoms with Crippen LogP contribution in [0.2, 0.25) is 0 Å². The Hall–Kier alpha value is -2.43. The second-order valence-corrected chi connectivity index (χ2v) is 3.48. The van der Waals surface area contributed by atoms with E-state index in [1.807, 2.05) is 36.4 Å². The van der Waals surface area contributed by atoms with E-state index in [4.69, 9.17) is 5.73 Å². The van der Waals surface area contributed by atoms with Crippen molar-refractivity contribution in [1.82, 2.24) is 20.2 Å². The SMILES string of the molecule is Nc1nnnn1-c1ccc2ccccc2c1. The summed E-state index contributed by atoms with van der Waals surface area (Å²) >= 11 is 0. The third-order valence-electron chi connectivity index (χ3n) is 2.47. The molecular weight excluding hydrogens is 202 g/mol. The van der Waals surface area contributed by atoms with Gasteiger partial charge in [0.05, 0.1) is 5.69 Å². The zero-order valence-corrected chi connectivity index (χ0v) is 8.41.